The zero-order chi connectivity index (χ0) is 27.8. The molecule has 0 bridgehead atoms. The number of carbonyl (C=O) groups excluding carboxylic acids is 3. The molecule has 1 aromatic heterocycles. The van der Waals surface area contributed by atoms with Crippen molar-refractivity contribution in [1.29, 1.82) is 0 Å². The molecule has 4 amide bonds. The number of hydrogen-bond acceptors (Lipinski definition) is 7. The lowest BCUT2D eigenvalue weighted by molar-refractivity contribution is -0.121. The number of urea groups is 1. The number of nitrogens with one attached hydrogen (secondary N) is 4. The molecule has 210 valence electrons. The van der Waals surface area contributed by atoms with Gasteiger partial charge in [0.1, 0.15) is 5.75 Å². The van der Waals surface area contributed by atoms with Crippen LogP contribution in [0.4, 0.5) is 10.5 Å². The zero-order valence-corrected chi connectivity index (χ0v) is 23.4. The minimum atomic E-state index is -0.264. The molecule has 6 rings (SSSR count). The zero-order valence-electron chi connectivity index (χ0n) is 22.6. The number of carbonyl (C=O) groups is 3. The highest BCUT2D eigenvalue weighted by Gasteiger charge is 2.52. The van der Waals surface area contributed by atoms with Crippen molar-refractivity contribution in [2.75, 3.05) is 11.4 Å². The third-order valence-corrected chi connectivity index (χ3v) is 9.43. The van der Waals surface area contributed by atoms with Crippen molar-refractivity contribution in [3.63, 3.8) is 0 Å². The van der Waals surface area contributed by atoms with Crippen LogP contribution in [0.15, 0.2) is 53.1 Å². The van der Waals surface area contributed by atoms with E-state index in [1.165, 1.54) is 18.7 Å². The molecule has 2 aromatic rings. The molecule has 3 fully saturated rings. The number of piperidine rings is 1. The van der Waals surface area contributed by atoms with E-state index in [4.69, 9.17) is 4.74 Å². The van der Waals surface area contributed by atoms with Gasteiger partial charge >= 0.3 is 6.03 Å². The molecule has 2 saturated heterocycles. The summed E-state index contributed by atoms with van der Waals surface area (Å²) in [5.74, 6) is 0.815. The van der Waals surface area contributed by atoms with Gasteiger partial charge in [0.05, 0.1) is 27.7 Å². The number of aromatic nitrogens is 1. The number of hydrogen-bond donors (Lipinski definition) is 4. The molecule has 10 nitrogen and oxygen atoms in total. The Labute approximate surface area is 237 Å². The second kappa shape index (κ2) is 11.1. The molecule has 5 atom stereocenters. The Bertz CT molecular complexity index is 1350. The molecular formula is C29H34N6O4S. The number of rotatable bonds is 6. The first kappa shape index (κ1) is 26.6. The summed E-state index contributed by atoms with van der Waals surface area (Å²) in [6.07, 6.45) is 4.43. The third-order valence-electron chi connectivity index (χ3n) is 8.08. The number of ether oxygens (including phenoxy) is 1. The Morgan fingerprint density at radius 3 is 2.52 bits per heavy atom. The fourth-order valence-corrected chi connectivity index (χ4v) is 7.72. The maximum absolute atomic E-state index is 13.6. The van der Waals surface area contributed by atoms with Gasteiger partial charge in [0.25, 0.3) is 5.91 Å². The van der Waals surface area contributed by atoms with Gasteiger partial charge < -0.3 is 26.0 Å². The van der Waals surface area contributed by atoms with Gasteiger partial charge in [-0.2, -0.15) is 0 Å². The van der Waals surface area contributed by atoms with E-state index in [1.807, 2.05) is 43.3 Å². The van der Waals surface area contributed by atoms with Crippen LogP contribution in [0.3, 0.4) is 0 Å². The standard InChI is InChI=1S/C29H34N6O4S/c1-16-21(12-13-23(31-16)39-18-8-4-3-5-9-18)35-22-14-15-30-28-24(22)25(34-29(35)38)26(40-28)27(37)33-20-11-7-6-10-19(20)32-17(2)36/h3-5,8-9,12-13,19-20,22,24,28,30H,6-7,10-11,14-15H2,1-2H3,(H,32,36)(H,33,37)(H,34,38)/t19-,20-,22?,24?,28?/m1/s1. The number of benzene rings is 1. The average molecular weight is 563 g/mol. The Morgan fingerprint density at radius 1 is 1.05 bits per heavy atom. The van der Waals surface area contributed by atoms with Crippen molar-refractivity contribution in [3.8, 4) is 11.6 Å². The van der Waals surface area contributed by atoms with Crippen molar-refractivity contribution in [3.05, 3.63) is 58.8 Å². The molecule has 1 aromatic carbocycles. The van der Waals surface area contributed by atoms with Crippen molar-refractivity contribution in [2.45, 2.75) is 69.5 Å². The molecule has 1 saturated carbocycles. The summed E-state index contributed by atoms with van der Waals surface area (Å²) in [7, 11) is 0. The van der Waals surface area contributed by atoms with Crippen LogP contribution in [0, 0.1) is 12.8 Å². The molecule has 1 aliphatic carbocycles. The van der Waals surface area contributed by atoms with Crippen LogP contribution < -0.4 is 30.9 Å². The van der Waals surface area contributed by atoms with Gasteiger partial charge in [0, 0.05) is 36.7 Å². The van der Waals surface area contributed by atoms with Crippen LogP contribution in [0.5, 0.6) is 11.6 Å². The van der Waals surface area contributed by atoms with E-state index in [0.717, 1.165) is 44.3 Å². The van der Waals surface area contributed by atoms with Gasteiger partial charge in [-0.1, -0.05) is 42.8 Å². The van der Waals surface area contributed by atoms with Crippen LogP contribution in [-0.4, -0.2) is 52.9 Å². The van der Waals surface area contributed by atoms with E-state index in [2.05, 4.69) is 26.3 Å². The van der Waals surface area contributed by atoms with Crippen molar-refractivity contribution >= 4 is 35.3 Å². The Hall–Kier alpha value is -3.57. The lowest BCUT2D eigenvalue weighted by Crippen LogP contribution is -2.62. The third kappa shape index (κ3) is 5.15. The fourth-order valence-electron chi connectivity index (χ4n) is 6.32. The molecule has 11 heteroatoms. The molecule has 4 aliphatic rings. The number of thioether (sulfide) groups is 1. The number of pyridine rings is 1. The summed E-state index contributed by atoms with van der Waals surface area (Å²) < 4.78 is 5.89. The van der Waals surface area contributed by atoms with E-state index in [1.54, 1.807) is 11.0 Å². The summed E-state index contributed by atoms with van der Waals surface area (Å²) in [4.78, 5) is 45.9. The quantitative estimate of drug-likeness (QED) is 0.425. The molecule has 4 N–H and O–H groups in total. The predicted molar refractivity (Wildman–Crippen MR) is 153 cm³/mol. The lowest BCUT2D eigenvalue weighted by Gasteiger charge is -2.46. The van der Waals surface area contributed by atoms with Gasteiger partial charge in [-0.15, -0.1) is 0 Å². The first-order valence-corrected chi connectivity index (χ1v) is 14.8. The monoisotopic (exact) mass is 562 g/mol. The fraction of sp³-hybridized carbons (Fsp3) is 0.448. The normalized spacial score (nSPS) is 27.5. The van der Waals surface area contributed by atoms with Crippen LogP contribution in [0.1, 0.15) is 44.7 Å². The molecule has 0 radical (unpaired) electrons. The lowest BCUT2D eigenvalue weighted by atomic mass is 9.86. The summed E-state index contributed by atoms with van der Waals surface area (Å²) in [6.45, 7) is 4.12. The highest BCUT2D eigenvalue weighted by Crippen LogP contribution is 2.48. The summed E-state index contributed by atoms with van der Waals surface area (Å²) in [5, 5.41) is 12.8. The van der Waals surface area contributed by atoms with E-state index in [9.17, 15) is 14.4 Å². The van der Waals surface area contributed by atoms with E-state index >= 15 is 0 Å². The van der Waals surface area contributed by atoms with Crippen molar-refractivity contribution < 1.29 is 19.1 Å². The second-order valence-corrected chi connectivity index (χ2v) is 11.9. The number of nitrogens with zero attached hydrogens (tertiary/aromatic N) is 2. The maximum Gasteiger partial charge on any atom is 0.326 e. The topological polar surface area (TPSA) is 125 Å². The Morgan fingerprint density at radius 2 is 1.80 bits per heavy atom. The summed E-state index contributed by atoms with van der Waals surface area (Å²) in [5.41, 5.74) is 2.11. The van der Waals surface area contributed by atoms with Gasteiger partial charge in [-0.3, -0.25) is 14.5 Å². The van der Waals surface area contributed by atoms with Crippen LogP contribution in [-0.2, 0) is 9.59 Å². The average Bonchev–Trinajstić information content (AvgIpc) is 3.30. The summed E-state index contributed by atoms with van der Waals surface area (Å²) >= 11 is 1.48. The maximum atomic E-state index is 13.6. The van der Waals surface area contributed by atoms with E-state index in [0.29, 0.717) is 27.9 Å². The van der Waals surface area contributed by atoms with Crippen LogP contribution in [0.25, 0.3) is 0 Å². The largest absolute Gasteiger partial charge is 0.439 e. The van der Waals surface area contributed by atoms with Gasteiger partial charge in [0.2, 0.25) is 11.8 Å². The number of amides is 4. The Balaban J connectivity index is 1.23. The summed E-state index contributed by atoms with van der Waals surface area (Å²) in [6, 6.07) is 12.5. The molecular weight excluding hydrogens is 528 g/mol. The molecule has 3 aliphatic heterocycles. The van der Waals surface area contributed by atoms with E-state index in [-0.39, 0.29) is 47.3 Å². The van der Waals surface area contributed by atoms with Crippen molar-refractivity contribution in [2.24, 2.45) is 5.92 Å². The second-order valence-electron chi connectivity index (χ2n) is 10.8. The minimum absolute atomic E-state index is 0.0240. The molecule has 40 heavy (non-hydrogen) atoms. The number of aryl methyl sites for hydroxylation is 1. The first-order valence-electron chi connectivity index (χ1n) is 13.9. The van der Waals surface area contributed by atoms with Crippen LogP contribution in [0.2, 0.25) is 0 Å². The smallest absolute Gasteiger partial charge is 0.326 e. The molecule has 0 spiro atoms. The van der Waals surface area contributed by atoms with Gasteiger partial charge in [-0.05, 0) is 50.9 Å². The highest BCUT2D eigenvalue weighted by atomic mass is 32.2. The SMILES string of the molecule is CC(=O)N[C@@H]1CCCC[C@H]1NC(=O)C1=C2NC(=O)N(c3ccc(Oc4ccccc4)nc3C)C3CCNC(S1)C23. The number of para-hydroxylation sites is 1. The van der Waals surface area contributed by atoms with Gasteiger partial charge in [-0.25, -0.2) is 9.78 Å². The highest BCUT2D eigenvalue weighted by molar-refractivity contribution is 8.04. The minimum Gasteiger partial charge on any atom is -0.439 e. The van der Waals surface area contributed by atoms with Gasteiger partial charge in [0.15, 0.2) is 0 Å². The van der Waals surface area contributed by atoms with Crippen LogP contribution >= 0.6 is 11.8 Å². The predicted octanol–water partition coefficient (Wildman–Crippen LogP) is 3.54. The molecule has 4 heterocycles. The van der Waals surface area contributed by atoms with E-state index < -0.39 is 0 Å². The molecule has 3 unspecified atom stereocenters. The number of anilines is 1. The Kier molecular flexibility index (Phi) is 7.41. The van der Waals surface area contributed by atoms with Crippen molar-refractivity contribution in [1.82, 2.24) is 26.3 Å². The first-order chi connectivity index (χ1) is 19.4.